The van der Waals surface area contributed by atoms with Gasteiger partial charge in [-0.3, -0.25) is 0 Å². The molecule has 13 heavy (non-hydrogen) atoms. The van der Waals surface area contributed by atoms with E-state index < -0.39 is 12.0 Å². The van der Waals surface area contributed by atoms with Crippen LogP contribution >= 0.6 is 11.8 Å². The fourth-order valence-electron chi connectivity index (χ4n) is 0.767. The van der Waals surface area contributed by atoms with Gasteiger partial charge in [-0.05, 0) is 25.4 Å². The summed E-state index contributed by atoms with van der Waals surface area (Å²) in [6.07, 6.45) is 3.83. The van der Waals surface area contributed by atoms with Crippen LogP contribution in [0, 0.1) is 0 Å². The average Bonchev–Trinajstić information content (AvgIpc) is 2.12. The third kappa shape index (κ3) is 5.44. The van der Waals surface area contributed by atoms with E-state index in [0.717, 1.165) is 5.75 Å². The van der Waals surface area contributed by atoms with Gasteiger partial charge in [-0.2, -0.15) is 16.8 Å². The highest BCUT2D eigenvalue weighted by Crippen LogP contribution is 2.05. The summed E-state index contributed by atoms with van der Waals surface area (Å²) in [5.41, 5.74) is 0. The van der Waals surface area contributed by atoms with Gasteiger partial charge in [0.15, 0.2) is 6.04 Å². The molecule has 0 aliphatic heterocycles. The molecule has 0 heterocycles. The molecule has 1 atom stereocenters. The molecule has 74 valence electrons. The van der Waals surface area contributed by atoms with Gasteiger partial charge in [0.05, 0.1) is 6.61 Å². The number of thioether (sulfide) groups is 1. The van der Waals surface area contributed by atoms with Crippen molar-refractivity contribution in [2.75, 3.05) is 18.6 Å². The molecule has 0 rings (SSSR count). The molecule has 0 N–H and O–H groups in total. The van der Waals surface area contributed by atoms with E-state index >= 15 is 0 Å². The zero-order chi connectivity index (χ0) is 10.1. The highest BCUT2D eigenvalue weighted by molar-refractivity contribution is 7.98. The van der Waals surface area contributed by atoms with Crippen molar-refractivity contribution >= 4 is 23.8 Å². The number of ether oxygens (including phenoxy) is 1. The van der Waals surface area contributed by atoms with E-state index in [1.165, 1.54) is 6.08 Å². The third-order valence-electron chi connectivity index (χ3n) is 1.36. The van der Waals surface area contributed by atoms with Crippen molar-refractivity contribution < 1.29 is 14.3 Å². The molecule has 0 fully saturated rings. The third-order valence-corrected chi connectivity index (χ3v) is 2.01. The highest BCUT2D eigenvalue weighted by Gasteiger charge is 2.17. The number of aliphatic imine (C=N–C) groups is 1. The minimum absolute atomic E-state index is 0.309. The molecule has 1 unspecified atom stereocenters. The van der Waals surface area contributed by atoms with Crippen LogP contribution in [0.4, 0.5) is 0 Å². The lowest BCUT2D eigenvalue weighted by Crippen LogP contribution is -2.22. The Bertz CT molecular complexity index is 202. The quantitative estimate of drug-likeness (QED) is 0.367. The Morgan fingerprint density at radius 3 is 2.85 bits per heavy atom. The van der Waals surface area contributed by atoms with Crippen LogP contribution in [-0.4, -0.2) is 36.7 Å². The molecule has 0 saturated heterocycles. The zero-order valence-corrected chi connectivity index (χ0v) is 8.60. The van der Waals surface area contributed by atoms with Crippen LogP contribution in [0.25, 0.3) is 0 Å². The lowest BCUT2D eigenvalue weighted by atomic mass is 10.2. The first-order valence-corrected chi connectivity index (χ1v) is 5.38. The normalized spacial score (nSPS) is 11.5. The Balaban J connectivity index is 4.06. The molecule has 0 spiro atoms. The van der Waals surface area contributed by atoms with E-state index in [-0.39, 0.29) is 0 Å². The number of carbonyl (C=O) groups is 1. The van der Waals surface area contributed by atoms with Crippen LogP contribution in [0.2, 0.25) is 0 Å². The summed E-state index contributed by atoms with van der Waals surface area (Å²) in [7, 11) is 0. The molecule has 0 aliphatic rings. The van der Waals surface area contributed by atoms with Gasteiger partial charge < -0.3 is 4.74 Å². The van der Waals surface area contributed by atoms with Crippen molar-refractivity contribution in [2.24, 2.45) is 4.99 Å². The smallest absolute Gasteiger partial charge is 0.331 e. The summed E-state index contributed by atoms with van der Waals surface area (Å²) in [4.78, 5) is 24.5. The molecule has 0 radical (unpaired) electrons. The Hall–Kier alpha value is -0.800. The van der Waals surface area contributed by atoms with Crippen LogP contribution in [0.1, 0.15) is 13.3 Å². The fourth-order valence-corrected chi connectivity index (χ4v) is 1.23. The van der Waals surface area contributed by atoms with Crippen LogP contribution in [-0.2, 0) is 14.3 Å². The van der Waals surface area contributed by atoms with Crippen molar-refractivity contribution in [3.8, 4) is 0 Å². The molecular formula is C8H13NO3S. The molecule has 0 saturated carbocycles. The summed E-state index contributed by atoms with van der Waals surface area (Å²) >= 11 is 1.59. The second-order valence-corrected chi connectivity index (χ2v) is 3.26. The van der Waals surface area contributed by atoms with Gasteiger partial charge in [0, 0.05) is 0 Å². The molecule has 0 aromatic carbocycles. The SMILES string of the molecule is CCOC(=O)C(CCSC)N=C=O. The maximum Gasteiger partial charge on any atom is 0.331 e. The Morgan fingerprint density at radius 2 is 2.38 bits per heavy atom. The summed E-state index contributed by atoms with van der Waals surface area (Å²) < 4.78 is 4.73. The van der Waals surface area contributed by atoms with Crippen molar-refractivity contribution in [1.82, 2.24) is 0 Å². The van der Waals surface area contributed by atoms with E-state index in [1.807, 2.05) is 6.26 Å². The van der Waals surface area contributed by atoms with Gasteiger partial charge in [0.2, 0.25) is 6.08 Å². The molecule has 0 aliphatic carbocycles. The minimum Gasteiger partial charge on any atom is -0.464 e. The molecule has 0 aromatic rings. The second kappa shape index (κ2) is 7.83. The predicted molar refractivity (Wildman–Crippen MR) is 51.5 cm³/mol. The zero-order valence-electron chi connectivity index (χ0n) is 7.78. The van der Waals surface area contributed by atoms with Crippen LogP contribution in [0.3, 0.4) is 0 Å². The lowest BCUT2D eigenvalue weighted by Gasteiger charge is -2.07. The number of rotatable bonds is 6. The second-order valence-electron chi connectivity index (χ2n) is 2.27. The molecular weight excluding hydrogens is 190 g/mol. The van der Waals surface area contributed by atoms with Gasteiger partial charge >= 0.3 is 5.97 Å². The van der Waals surface area contributed by atoms with Crippen LogP contribution in [0.5, 0.6) is 0 Å². The maximum atomic E-state index is 11.1. The summed E-state index contributed by atoms with van der Waals surface area (Å²) in [5, 5.41) is 0. The van der Waals surface area contributed by atoms with E-state index in [9.17, 15) is 9.59 Å². The van der Waals surface area contributed by atoms with Crippen molar-refractivity contribution in [3.63, 3.8) is 0 Å². The number of hydrogen-bond acceptors (Lipinski definition) is 5. The summed E-state index contributed by atoms with van der Waals surface area (Å²) in [6, 6.07) is -0.676. The van der Waals surface area contributed by atoms with E-state index in [4.69, 9.17) is 4.74 Å². The molecule has 5 heteroatoms. The minimum atomic E-state index is -0.676. The largest absolute Gasteiger partial charge is 0.464 e. The number of carbonyl (C=O) groups excluding carboxylic acids is 2. The standard InChI is InChI=1S/C8H13NO3S/c1-3-12-8(11)7(9-6-10)4-5-13-2/h7H,3-5H2,1-2H3. The maximum absolute atomic E-state index is 11.1. The molecule has 0 aromatic heterocycles. The van der Waals surface area contributed by atoms with Crippen LogP contribution in [0.15, 0.2) is 4.99 Å². The van der Waals surface area contributed by atoms with Crippen molar-refractivity contribution in [2.45, 2.75) is 19.4 Å². The van der Waals surface area contributed by atoms with Crippen LogP contribution < -0.4 is 0 Å². The predicted octanol–water partition coefficient (Wildman–Crippen LogP) is 1.01. The Morgan fingerprint density at radius 1 is 1.69 bits per heavy atom. The monoisotopic (exact) mass is 203 g/mol. The topological polar surface area (TPSA) is 55.7 Å². The van der Waals surface area contributed by atoms with Gasteiger partial charge in [-0.25, -0.2) is 9.59 Å². The van der Waals surface area contributed by atoms with E-state index in [0.29, 0.717) is 13.0 Å². The van der Waals surface area contributed by atoms with Gasteiger partial charge in [-0.1, -0.05) is 0 Å². The summed E-state index contributed by atoms with van der Waals surface area (Å²) in [6.45, 7) is 2.02. The first-order chi connectivity index (χ1) is 6.26. The van der Waals surface area contributed by atoms with Gasteiger partial charge in [-0.15, -0.1) is 0 Å². The van der Waals surface area contributed by atoms with Gasteiger partial charge in [0.1, 0.15) is 0 Å². The Labute approximate surface area is 81.7 Å². The average molecular weight is 203 g/mol. The fraction of sp³-hybridized carbons (Fsp3) is 0.750. The highest BCUT2D eigenvalue weighted by atomic mass is 32.2. The van der Waals surface area contributed by atoms with Crippen molar-refractivity contribution in [3.05, 3.63) is 0 Å². The first kappa shape index (κ1) is 12.2. The Kier molecular flexibility index (Phi) is 7.35. The van der Waals surface area contributed by atoms with E-state index in [2.05, 4.69) is 4.99 Å². The number of nitrogens with zero attached hydrogens (tertiary/aromatic N) is 1. The molecule has 0 amide bonds. The number of isocyanates is 1. The van der Waals surface area contributed by atoms with Gasteiger partial charge in [0.25, 0.3) is 0 Å². The first-order valence-electron chi connectivity index (χ1n) is 3.98. The van der Waals surface area contributed by atoms with Crippen molar-refractivity contribution in [1.29, 1.82) is 0 Å². The van der Waals surface area contributed by atoms with E-state index in [1.54, 1.807) is 18.7 Å². The lowest BCUT2D eigenvalue weighted by molar-refractivity contribution is -0.144. The summed E-state index contributed by atoms with van der Waals surface area (Å²) in [5.74, 6) is 0.328. The number of hydrogen-bond donors (Lipinski definition) is 0. The molecule has 4 nitrogen and oxygen atoms in total. The molecule has 0 bridgehead atoms. The number of esters is 1.